The molecule has 0 aliphatic rings. The van der Waals surface area contributed by atoms with Gasteiger partial charge in [0.05, 0.1) is 4.92 Å². The minimum atomic E-state index is -0.514. The molecule has 21 heavy (non-hydrogen) atoms. The Balaban J connectivity index is 2.43. The number of hydrogen-bond acceptors (Lipinski definition) is 4. The van der Waals surface area contributed by atoms with Crippen molar-refractivity contribution in [2.75, 3.05) is 7.05 Å². The topological polar surface area (TPSA) is 64.4 Å². The maximum absolute atomic E-state index is 13.4. The van der Waals surface area contributed by atoms with Crippen LogP contribution in [-0.4, -0.2) is 12.0 Å². The molecule has 0 spiro atoms. The van der Waals surface area contributed by atoms with E-state index in [4.69, 9.17) is 4.74 Å². The summed E-state index contributed by atoms with van der Waals surface area (Å²) >= 11 is 0. The van der Waals surface area contributed by atoms with Crippen molar-refractivity contribution >= 4 is 5.69 Å². The molecule has 0 aromatic heterocycles. The molecule has 0 aliphatic carbocycles. The van der Waals surface area contributed by atoms with Gasteiger partial charge < -0.3 is 10.1 Å². The van der Waals surface area contributed by atoms with E-state index in [-0.39, 0.29) is 23.3 Å². The predicted octanol–water partition coefficient (Wildman–Crippen LogP) is 3.81. The fourth-order valence-corrected chi connectivity index (χ4v) is 1.92. The summed E-state index contributed by atoms with van der Waals surface area (Å²) in [4.78, 5) is 10.5. The molecule has 0 saturated heterocycles. The Morgan fingerprint density at radius 2 is 1.95 bits per heavy atom. The van der Waals surface area contributed by atoms with Gasteiger partial charge in [0.2, 0.25) is 5.75 Å². The SMILES string of the molecule is CNC(C)c1cc(F)ccc1Oc1ccccc1[N+](=O)[O-]. The lowest BCUT2D eigenvalue weighted by atomic mass is 10.1. The second-order valence-corrected chi connectivity index (χ2v) is 4.52. The van der Waals surface area contributed by atoms with Crippen molar-refractivity contribution < 1.29 is 14.1 Å². The van der Waals surface area contributed by atoms with Crippen LogP contribution in [0.4, 0.5) is 10.1 Å². The average Bonchev–Trinajstić information content (AvgIpc) is 2.48. The van der Waals surface area contributed by atoms with Gasteiger partial charge in [0.1, 0.15) is 11.6 Å². The predicted molar refractivity (Wildman–Crippen MR) is 77.0 cm³/mol. The molecule has 2 aromatic carbocycles. The Morgan fingerprint density at radius 3 is 2.62 bits per heavy atom. The molecule has 0 saturated carbocycles. The molecule has 2 rings (SSSR count). The van der Waals surface area contributed by atoms with Crippen LogP contribution in [0, 0.1) is 15.9 Å². The van der Waals surface area contributed by atoms with E-state index in [0.717, 1.165) is 0 Å². The first-order valence-corrected chi connectivity index (χ1v) is 6.41. The highest BCUT2D eigenvalue weighted by molar-refractivity contribution is 5.49. The number of rotatable bonds is 5. The maximum Gasteiger partial charge on any atom is 0.311 e. The van der Waals surface area contributed by atoms with E-state index < -0.39 is 4.92 Å². The summed E-state index contributed by atoms with van der Waals surface area (Å²) in [7, 11) is 1.74. The fourth-order valence-electron chi connectivity index (χ4n) is 1.92. The monoisotopic (exact) mass is 290 g/mol. The Bertz CT molecular complexity index is 661. The molecule has 0 radical (unpaired) electrons. The summed E-state index contributed by atoms with van der Waals surface area (Å²) in [5.74, 6) is 0.119. The number of hydrogen-bond donors (Lipinski definition) is 1. The fraction of sp³-hybridized carbons (Fsp3) is 0.200. The van der Waals surface area contributed by atoms with Crippen LogP contribution in [0.15, 0.2) is 42.5 Å². The van der Waals surface area contributed by atoms with Gasteiger partial charge in [-0.15, -0.1) is 0 Å². The van der Waals surface area contributed by atoms with E-state index in [1.807, 2.05) is 6.92 Å². The normalized spacial score (nSPS) is 12.0. The van der Waals surface area contributed by atoms with Crippen LogP contribution in [0.3, 0.4) is 0 Å². The van der Waals surface area contributed by atoms with Gasteiger partial charge in [0.15, 0.2) is 0 Å². The second-order valence-electron chi connectivity index (χ2n) is 4.52. The van der Waals surface area contributed by atoms with Gasteiger partial charge in [-0.25, -0.2) is 4.39 Å². The number of benzene rings is 2. The van der Waals surface area contributed by atoms with Crippen LogP contribution >= 0.6 is 0 Å². The van der Waals surface area contributed by atoms with Crippen LogP contribution < -0.4 is 10.1 Å². The highest BCUT2D eigenvalue weighted by Crippen LogP contribution is 2.34. The molecule has 0 bridgehead atoms. The summed E-state index contributed by atoms with van der Waals surface area (Å²) in [5.41, 5.74) is 0.459. The molecule has 0 fully saturated rings. The molecule has 110 valence electrons. The van der Waals surface area contributed by atoms with Crippen molar-refractivity contribution in [2.24, 2.45) is 0 Å². The third-order valence-electron chi connectivity index (χ3n) is 3.15. The van der Waals surface area contributed by atoms with Crippen LogP contribution in [0.2, 0.25) is 0 Å². The van der Waals surface area contributed by atoms with Crippen LogP contribution in [0.5, 0.6) is 11.5 Å². The number of nitro groups is 1. The second kappa shape index (κ2) is 6.32. The summed E-state index contributed by atoms with van der Waals surface area (Å²) in [5, 5.41) is 14.0. The van der Waals surface area contributed by atoms with Crippen molar-refractivity contribution in [3.05, 3.63) is 64.0 Å². The van der Waals surface area contributed by atoms with E-state index in [9.17, 15) is 14.5 Å². The number of nitrogens with one attached hydrogen (secondary N) is 1. The Kier molecular flexibility index (Phi) is 4.49. The molecule has 1 unspecified atom stereocenters. The van der Waals surface area contributed by atoms with E-state index in [2.05, 4.69) is 5.32 Å². The first-order chi connectivity index (χ1) is 10.0. The molecule has 1 N–H and O–H groups in total. The lowest BCUT2D eigenvalue weighted by Crippen LogP contribution is -2.13. The smallest absolute Gasteiger partial charge is 0.311 e. The number of nitrogens with zero attached hydrogens (tertiary/aromatic N) is 1. The van der Waals surface area contributed by atoms with Crippen LogP contribution in [0.25, 0.3) is 0 Å². The average molecular weight is 290 g/mol. The number of para-hydroxylation sites is 2. The van der Waals surface area contributed by atoms with Gasteiger partial charge in [0.25, 0.3) is 0 Å². The van der Waals surface area contributed by atoms with Gasteiger partial charge in [-0.1, -0.05) is 12.1 Å². The third-order valence-corrected chi connectivity index (χ3v) is 3.15. The Morgan fingerprint density at radius 1 is 1.24 bits per heavy atom. The van der Waals surface area contributed by atoms with Crippen LogP contribution in [0.1, 0.15) is 18.5 Å². The largest absolute Gasteiger partial charge is 0.450 e. The first kappa shape index (κ1) is 14.9. The number of nitro benzene ring substituents is 1. The molecule has 0 amide bonds. The molecule has 1 atom stereocenters. The maximum atomic E-state index is 13.4. The van der Waals surface area contributed by atoms with Crippen molar-refractivity contribution in [3.63, 3.8) is 0 Å². The highest BCUT2D eigenvalue weighted by Gasteiger charge is 2.18. The molecule has 6 heteroatoms. The minimum Gasteiger partial charge on any atom is -0.450 e. The minimum absolute atomic E-state index is 0.124. The Labute approximate surface area is 121 Å². The van der Waals surface area contributed by atoms with E-state index in [0.29, 0.717) is 11.3 Å². The lowest BCUT2D eigenvalue weighted by Gasteiger charge is -2.16. The first-order valence-electron chi connectivity index (χ1n) is 6.41. The van der Waals surface area contributed by atoms with Crippen molar-refractivity contribution in [1.82, 2.24) is 5.32 Å². The standard InChI is InChI=1S/C15H15FN2O3/c1-10(17-2)12-9-11(16)7-8-14(12)21-15-6-4-3-5-13(15)18(19)20/h3-10,17H,1-2H3. The third kappa shape index (κ3) is 3.35. The summed E-state index contributed by atoms with van der Waals surface area (Å²) in [6.07, 6.45) is 0. The summed E-state index contributed by atoms with van der Waals surface area (Å²) in [6, 6.07) is 10.0. The van der Waals surface area contributed by atoms with E-state index in [1.54, 1.807) is 19.2 Å². The van der Waals surface area contributed by atoms with Gasteiger partial charge >= 0.3 is 5.69 Å². The molecular weight excluding hydrogens is 275 g/mol. The zero-order valence-electron chi connectivity index (χ0n) is 11.7. The Hall–Kier alpha value is -2.47. The molecular formula is C15H15FN2O3. The summed E-state index contributed by atoms with van der Waals surface area (Å²) in [6.45, 7) is 1.85. The van der Waals surface area contributed by atoms with Crippen molar-refractivity contribution in [1.29, 1.82) is 0 Å². The highest BCUT2D eigenvalue weighted by atomic mass is 19.1. The zero-order chi connectivity index (χ0) is 15.4. The molecule has 0 heterocycles. The molecule has 0 aliphatic heterocycles. The van der Waals surface area contributed by atoms with Gasteiger partial charge in [0, 0.05) is 17.7 Å². The molecule has 2 aromatic rings. The van der Waals surface area contributed by atoms with E-state index in [1.165, 1.54) is 30.3 Å². The van der Waals surface area contributed by atoms with Gasteiger partial charge in [-0.3, -0.25) is 10.1 Å². The van der Waals surface area contributed by atoms with Crippen LogP contribution in [-0.2, 0) is 0 Å². The van der Waals surface area contributed by atoms with E-state index >= 15 is 0 Å². The van der Waals surface area contributed by atoms with Crippen molar-refractivity contribution in [2.45, 2.75) is 13.0 Å². The number of halogens is 1. The number of ether oxygens (including phenoxy) is 1. The summed E-state index contributed by atoms with van der Waals surface area (Å²) < 4.78 is 19.0. The quantitative estimate of drug-likeness (QED) is 0.672. The zero-order valence-corrected chi connectivity index (χ0v) is 11.7. The lowest BCUT2D eigenvalue weighted by molar-refractivity contribution is -0.385. The van der Waals surface area contributed by atoms with Gasteiger partial charge in [-0.05, 0) is 38.2 Å². The van der Waals surface area contributed by atoms with Crippen molar-refractivity contribution in [3.8, 4) is 11.5 Å². The van der Waals surface area contributed by atoms with Gasteiger partial charge in [-0.2, -0.15) is 0 Å². The molecule has 5 nitrogen and oxygen atoms in total.